The van der Waals surface area contributed by atoms with Crippen LogP contribution in [0, 0.1) is 5.92 Å². The fourth-order valence-corrected chi connectivity index (χ4v) is 4.27. The molecular weight excluding hydrogens is 280 g/mol. The molecule has 0 spiro atoms. The molecule has 0 bridgehead atoms. The first-order chi connectivity index (χ1) is 11.4. The van der Waals surface area contributed by atoms with Gasteiger partial charge in [-0.3, -0.25) is 10.6 Å². The van der Waals surface area contributed by atoms with E-state index in [1.54, 1.807) is 0 Å². The molecule has 1 saturated heterocycles. The molecule has 2 fully saturated rings. The molecule has 0 aromatic heterocycles. The van der Waals surface area contributed by atoms with Gasteiger partial charge < -0.3 is 0 Å². The SMILES string of the molecule is c1ccc(C2NC(C3CCCCC3)NC2c2ccccc2)cc1. The highest BCUT2D eigenvalue weighted by Crippen LogP contribution is 2.37. The van der Waals surface area contributed by atoms with E-state index in [1.165, 1.54) is 43.2 Å². The fourth-order valence-electron chi connectivity index (χ4n) is 4.27. The molecule has 0 radical (unpaired) electrons. The highest BCUT2D eigenvalue weighted by molar-refractivity contribution is 5.29. The van der Waals surface area contributed by atoms with Crippen LogP contribution in [0.1, 0.15) is 55.3 Å². The van der Waals surface area contributed by atoms with Gasteiger partial charge in [0.25, 0.3) is 0 Å². The Morgan fingerprint density at radius 3 is 1.57 bits per heavy atom. The Kier molecular flexibility index (Phi) is 4.45. The van der Waals surface area contributed by atoms with Crippen molar-refractivity contribution in [1.29, 1.82) is 0 Å². The lowest BCUT2D eigenvalue weighted by Crippen LogP contribution is -2.40. The molecule has 2 aromatic rings. The third-order valence-electron chi connectivity index (χ3n) is 5.49. The summed E-state index contributed by atoms with van der Waals surface area (Å²) in [5, 5.41) is 7.83. The summed E-state index contributed by atoms with van der Waals surface area (Å²) in [5.41, 5.74) is 2.76. The molecule has 1 aliphatic heterocycles. The summed E-state index contributed by atoms with van der Waals surface area (Å²) in [6.45, 7) is 0. The molecule has 1 aliphatic carbocycles. The van der Waals surface area contributed by atoms with Crippen molar-refractivity contribution in [2.75, 3.05) is 0 Å². The normalized spacial score (nSPS) is 28.8. The molecule has 120 valence electrons. The first-order valence-electron chi connectivity index (χ1n) is 9.04. The minimum atomic E-state index is 0.352. The Labute approximate surface area is 139 Å². The predicted octanol–water partition coefficient (Wildman–Crippen LogP) is 4.57. The highest BCUT2D eigenvalue weighted by Gasteiger charge is 2.38. The molecule has 2 aliphatic rings. The monoisotopic (exact) mass is 306 g/mol. The van der Waals surface area contributed by atoms with Gasteiger partial charge in [0, 0.05) is 0 Å². The number of nitrogens with one attached hydrogen (secondary N) is 2. The third-order valence-corrected chi connectivity index (χ3v) is 5.49. The van der Waals surface area contributed by atoms with E-state index in [0.29, 0.717) is 18.2 Å². The van der Waals surface area contributed by atoms with Gasteiger partial charge in [-0.2, -0.15) is 0 Å². The summed E-state index contributed by atoms with van der Waals surface area (Å²) in [7, 11) is 0. The predicted molar refractivity (Wildman–Crippen MR) is 95.0 cm³/mol. The van der Waals surface area contributed by atoms with E-state index in [1.807, 2.05) is 0 Å². The average Bonchev–Trinajstić information content (AvgIpc) is 3.09. The fraction of sp³-hybridized carbons (Fsp3) is 0.429. The Morgan fingerprint density at radius 1 is 0.609 bits per heavy atom. The van der Waals surface area contributed by atoms with Crippen molar-refractivity contribution in [3.8, 4) is 0 Å². The van der Waals surface area contributed by atoms with Crippen LogP contribution >= 0.6 is 0 Å². The zero-order valence-corrected chi connectivity index (χ0v) is 13.6. The minimum Gasteiger partial charge on any atom is -0.293 e. The van der Waals surface area contributed by atoms with Gasteiger partial charge in [-0.25, -0.2) is 0 Å². The molecule has 2 nitrogen and oxygen atoms in total. The van der Waals surface area contributed by atoms with Crippen LogP contribution in [0.15, 0.2) is 60.7 Å². The van der Waals surface area contributed by atoms with Gasteiger partial charge >= 0.3 is 0 Å². The summed E-state index contributed by atoms with van der Waals surface area (Å²) in [6, 6.07) is 22.5. The second kappa shape index (κ2) is 6.86. The average molecular weight is 306 g/mol. The summed E-state index contributed by atoms with van der Waals surface area (Å²) >= 11 is 0. The van der Waals surface area contributed by atoms with E-state index in [-0.39, 0.29) is 0 Å². The molecule has 2 heteroatoms. The van der Waals surface area contributed by atoms with Crippen molar-refractivity contribution < 1.29 is 0 Å². The van der Waals surface area contributed by atoms with Crippen LogP contribution < -0.4 is 10.6 Å². The smallest absolute Gasteiger partial charge is 0.0611 e. The standard InChI is InChI=1S/C21H26N2/c1-4-10-16(11-5-1)19-20(17-12-6-2-7-13-17)23-21(22-19)18-14-8-3-9-15-18/h1-2,4-7,10-13,18-23H,3,8-9,14-15H2. The summed E-state index contributed by atoms with van der Waals surface area (Å²) < 4.78 is 0. The zero-order chi connectivity index (χ0) is 15.5. The van der Waals surface area contributed by atoms with Gasteiger partial charge in [0.05, 0.1) is 18.2 Å². The second-order valence-corrected chi connectivity index (χ2v) is 6.99. The molecule has 2 aromatic carbocycles. The number of benzene rings is 2. The first-order valence-corrected chi connectivity index (χ1v) is 9.04. The number of rotatable bonds is 3. The van der Waals surface area contributed by atoms with Crippen molar-refractivity contribution in [3.05, 3.63) is 71.8 Å². The molecule has 23 heavy (non-hydrogen) atoms. The summed E-state index contributed by atoms with van der Waals surface area (Å²) in [5.74, 6) is 0.767. The van der Waals surface area contributed by atoms with Crippen molar-refractivity contribution >= 4 is 0 Å². The number of hydrogen-bond acceptors (Lipinski definition) is 2. The van der Waals surface area contributed by atoms with Gasteiger partial charge in [-0.05, 0) is 29.9 Å². The lowest BCUT2D eigenvalue weighted by Gasteiger charge is -2.28. The van der Waals surface area contributed by atoms with Crippen LogP contribution in [0.4, 0.5) is 0 Å². The van der Waals surface area contributed by atoms with E-state index in [9.17, 15) is 0 Å². The summed E-state index contributed by atoms with van der Waals surface area (Å²) in [4.78, 5) is 0. The van der Waals surface area contributed by atoms with Gasteiger partial charge in [0.2, 0.25) is 0 Å². The van der Waals surface area contributed by atoms with Crippen molar-refractivity contribution in [2.45, 2.75) is 50.4 Å². The summed E-state index contributed by atoms with van der Waals surface area (Å²) in [6.07, 6.45) is 7.33. The van der Waals surface area contributed by atoms with E-state index in [0.717, 1.165) is 5.92 Å². The molecule has 0 amide bonds. The molecule has 4 rings (SSSR count). The van der Waals surface area contributed by atoms with Crippen molar-refractivity contribution in [3.63, 3.8) is 0 Å². The van der Waals surface area contributed by atoms with E-state index < -0.39 is 0 Å². The maximum atomic E-state index is 3.91. The van der Waals surface area contributed by atoms with Crippen LogP contribution in [0.5, 0.6) is 0 Å². The second-order valence-electron chi connectivity index (χ2n) is 6.99. The van der Waals surface area contributed by atoms with Crippen LogP contribution in [0.2, 0.25) is 0 Å². The lowest BCUT2D eigenvalue weighted by atomic mass is 9.87. The van der Waals surface area contributed by atoms with E-state index >= 15 is 0 Å². The molecule has 1 heterocycles. The molecule has 2 unspecified atom stereocenters. The van der Waals surface area contributed by atoms with E-state index in [4.69, 9.17) is 0 Å². The van der Waals surface area contributed by atoms with Gasteiger partial charge in [0.1, 0.15) is 0 Å². The Bertz CT molecular complexity index is 557. The Hall–Kier alpha value is -1.64. The molecular formula is C21H26N2. The van der Waals surface area contributed by atoms with Crippen LogP contribution in [-0.2, 0) is 0 Å². The van der Waals surface area contributed by atoms with Gasteiger partial charge in [-0.1, -0.05) is 79.9 Å². The first kappa shape index (κ1) is 14.9. The van der Waals surface area contributed by atoms with Crippen molar-refractivity contribution in [1.82, 2.24) is 10.6 Å². The molecule has 2 N–H and O–H groups in total. The van der Waals surface area contributed by atoms with Gasteiger partial charge in [-0.15, -0.1) is 0 Å². The highest BCUT2D eigenvalue weighted by atomic mass is 15.2. The van der Waals surface area contributed by atoms with Crippen LogP contribution in [0.3, 0.4) is 0 Å². The zero-order valence-electron chi connectivity index (χ0n) is 13.6. The maximum absolute atomic E-state index is 3.91. The van der Waals surface area contributed by atoms with Crippen LogP contribution in [-0.4, -0.2) is 6.17 Å². The van der Waals surface area contributed by atoms with Gasteiger partial charge in [0.15, 0.2) is 0 Å². The Balaban J connectivity index is 1.61. The van der Waals surface area contributed by atoms with Crippen molar-refractivity contribution in [2.24, 2.45) is 5.92 Å². The maximum Gasteiger partial charge on any atom is 0.0611 e. The quantitative estimate of drug-likeness (QED) is 0.868. The molecule has 1 saturated carbocycles. The van der Waals surface area contributed by atoms with Crippen LogP contribution in [0.25, 0.3) is 0 Å². The minimum absolute atomic E-state index is 0.352. The largest absolute Gasteiger partial charge is 0.293 e. The molecule has 2 atom stereocenters. The third kappa shape index (κ3) is 3.19. The Morgan fingerprint density at radius 2 is 1.09 bits per heavy atom. The lowest BCUT2D eigenvalue weighted by molar-refractivity contribution is 0.264. The topological polar surface area (TPSA) is 24.1 Å². The van der Waals surface area contributed by atoms with E-state index in [2.05, 4.69) is 71.3 Å². The number of hydrogen-bond donors (Lipinski definition) is 2.